The molecule has 0 radical (unpaired) electrons. The number of aromatic nitrogens is 3. The molecule has 10 nitrogen and oxygen atoms in total. The van der Waals surface area contributed by atoms with E-state index < -0.39 is 22.3 Å². The van der Waals surface area contributed by atoms with Crippen molar-refractivity contribution in [2.24, 2.45) is 0 Å². The summed E-state index contributed by atoms with van der Waals surface area (Å²) in [6.07, 6.45) is -3.47. The second-order valence-corrected chi connectivity index (χ2v) is 10.3. The van der Waals surface area contributed by atoms with Crippen LogP contribution in [0.2, 0.25) is 0 Å². The van der Waals surface area contributed by atoms with Crippen LogP contribution in [0.1, 0.15) is 11.6 Å². The first-order valence-corrected chi connectivity index (χ1v) is 12.6. The van der Waals surface area contributed by atoms with Gasteiger partial charge in [0.05, 0.1) is 42.7 Å². The molecule has 0 spiro atoms. The van der Waals surface area contributed by atoms with E-state index in [0.717, 1.165) is 0 Å². The van der Waals surface area contributed by atoms with Gasteiger partial charge in [0.1, 0.15) is 0 Å². The summed E-state index contributed by atoms with van der Waals surface area (Å²) in [6, 6.07) is 12.0. The standard InChI is InChI=1S/C22H23F3N6O4S/c23-22(24,25)21-28-27-20(35-21)16-6-7-17(26-12-16)13-31(18-4-2-1-3-5-18)36(32,33)30-10-8-29(9-11-30)19-14-34-15-19/h1-7,12,19H,8-11,13-15H2. The van der Waals surface area contributed by atoms with Gasteiger partial charge in [-0.05, 0) is 24.3 Å². The average molecular weight is 525 g/mol. The molecule has 0 saturated carbocycles. The largest absolute Gasteiger partial charge is 0.470 e. The predicted molar refractivity (Wildman–Crippen MR) is 122 cm³/mol. The maximum atomic E-state index is 13.7. The van der Waals surface area contributed by atoms with E-state index in [1.165, 1.54) is 26.9 Å². The predicted octanol–water partition coefficient (Wildman–Crippen LogP) is 2.42. The molecular weight excluding hydrogens is 501 g/mol. The highest BCUT2D eigenvalue weighted by Gasteiger charge is 2.38. The summed E-state index contributed by atoms with van der Waals surface area (Å²) in [5, 5.41) is 6.43. The number of para-hydroxylation sites is 1. The minimum atomic E-state index is -4.75. The molecule has 192 valence electrons. The van der Waals surface area contributed by atoms with Gasteiger partial charge in [-0.2, -0.15) is 25.9 Å². The number of nitrogens with zero attached hydrogens (tertiary/aromatic N) is 6. The molecule has 5 rings (SSSR count). The maximum Gasteiger partial charge on any atom is 0.470 e. The minimum Gasteiger partial charge on any atom is -0.413 e. The number of rotatable bonds is 7. The van der Waals surface area contributed by atoms with E-state index >= 15 is 0 Å². The molecule has 0 aliphatic carbocycles. The Morgan fingerprint density at radius 3 is 2.28 bits per heavy atom. The molecule has 2 aliphatic rings. The van der Waals surface area contributed by atoms with Crippen molar-refractivity contribution >= 4 is 15.9 Å². The fraction of sp³-hybridized carbons (Fsp3) is 0.409. The molecule has 0 atom stereocenters. The third-order valence-electron chi connectivity index (χ3n) is 6.10. The van der Waals surface area contributed by atoms with E-state index in [1.807, 2.05) is 0 Å². The smallest absolute Gasteiger partial charge is 0.413 e. The van der Waals surface area contributed by atoms with Crippen molar-refractivity contribution < 1.29 is 30.7 Å². The quantitative estimate of drug-likeness (QED) is 0.464. The third-order valence-corrected chi connectivity index (χ3v) is 8.02. The highest BCUT2D eigenvalue weighted by molar-refractivity contribution is 7.90. The first-order chi connectivity index (χ1) is 17.2. The fourth-order valence-corrected chi connectivity index (χ4v) is 5.61. The summed E-state index contributed by atoms with van der Waals surface area (Å²) in [4.78, 5) is 6.49. The van der Waals surface area contributed by atoms with Crippen LogP contribution in [0.4, 0.5) is 18.9 Å². The van der Waals surface area contributed by atoms with Crippen LogP contribution in [-0.2, 0) is 27.7 Å². The summed E-state index contributed by atoms with van der Waals surface area (Å²) in [5.74, 6) is -1.78. The molecule has 0 bridgehead atoms. The van der Waals surface area contributed by atoms with Crippen LogP contribution < -0.4 is 4.31 Å². The number of benzene rings is 1. The molecule has 3 aromatic rings. The SMILES string of the molecule is O=S(=O)(N1CCN(C2COC2)CC1)N(Cc1ccc(-c2nnc(C(F)(F)F)o2)cn1)c1ccccc1. The lowest BCUT2D eigenvalue weighted by atomic mass is 10.2. The highest BCUT2D eigenvalue weighted by atomic mass is 32.2. The van der Waals surface area contributed by atoms with Crippen molar-refractivity contribution in [2.45, 2.75) is 18.8 Å². The summed E-state index contributed by atoms with van der Waals surface area (Å²) >= 11 is 0. The normalized spacial score (nSPS) is 18.2. The van der Waals surface area contributed by atoms with Crippen molar-refractivity contribution in [3.63, 3.8) is 0 Å². The summed E-state index contributed by atoms with van der Waals surface area (Å²) in [6.45, 7) is 3.22. The van der Waals surface area contributed by atoms with E-state index in [1.54, 1.807) is 30.3 Å². The van der Waals surface area contributed by atoms with Crippen LogP contribution in [0.5, 0.6) is 0 Å². The zero-order chi connectivity index (χ0) is 25.3. The molecule has 2 aliphatic heterocycles. The lowest BCUT2D eigenvalue weighted by molar-refractivity contribution is -0.156. The van der Waals surface area contributed by atoms with Gasteiger partial charge in [0.25, 0.3) is 0 Å². The second-order valence-electron chi connectivity index (χ2n) is 8.42. The van der Waals surface area contributed by atoms with Gasteiger partial charge in [0.15, 0.2) is 0 Å². The Morgan fingerprint density at radius 1 is 1.00 bits per heavy atom. The Balaban J connectivity index is 1.34. The van der Waals surface area contributed by atoms with Crippen LogP contribution in [0, 0.1) is 0 Å². The zero-order valence-electron chi connectivity index (χ0n) is 19.0. The lowest BCUT2D eigenvalue weighted by Gasteiger charge is -2.43. The van der Waals surface area contributed by atoms with E-state index in [2.05, 4.69) is 24.5 Å². The number of anilines is 1. The van der Waals surface area contributed by atoms with Crippen molar-refractivity contribution in [3.05, 3.63) is 60.2 Å². The Morgan fingerprint density at radius 2 is 1.72 bits per heavy atom. The number of hydrogen-bond donors (Lipinski definition) is 0. The van der Waals surface area contributed by atoms with Crippen LogP contribution >= 0.6 is 0 Å². The van der Waals surface area contributed by atoms with Crippen molar-refractivity contribution in [3.8, 4) is 11.5 Å². The average Bonchev–Trinajstić information content (AvgIpc) is 3.34. The number of ether oxygens (including phenoxy) is 1. The Labute approximate surface area is 205 Å². The van der Waals surface area contributed by atoms with Gasteiger partial charge in [-0.15, -0.1) is 10.2 Å². The fourth-order valence-electron chi connectivity index (χ4n) is 4.02. The molecule has 14 heteroatoms. The zero-order valence-corrected chi connectivity index (χ0v) is 19.8. The van der Waals surface area contributed by atoms with Crippen molar-refractivity contribution in [2.75, 3.05) is 43.7 Å². The van der Waals surface area contributed by atoms with Gasteiger partial charge >= 0.3 is 22.3 Å². The molecular formula is C22H23F3N6O4S. The number of alkyl halides is 3. The summed E-state index contributed by atoms with van der Waals surface area (Å²) in [5.41, 5.74) is 1.06. The topological polar surface area (TPSA) is 105 Å². The molecule has 2 aromatic heterocycles. The van der Waals surface area contributed by atoms with Crippen LogP contribution in [0.3, 0.4) is 0 Å². The highest BCUT2D eigenvalue weighted by Crippen LogP contribution is 2.30. The lowest BCUT2D eigenvalue weighted by Crippen LogP contribution is -2.59. The third kappa shape index (κ3) is 5.07. The Kier molecular flexibility index (Phi) is 6.68. The maximum absolute atomic E-state index is 13.7. The van der Waals surface area contributed by atoms with Gasteiger partial charge in [0.2, 0.25) is 5.89 Å². The number of piperazine rings is 1. The van der Waals surface area contributed by atoms with Crippen molar-refractivity contribution in [1.82, 2.24) is 24.4 Å². The van der Waals surface area contributed by atoms with E-state index in [0.29, 0.717) is 56.8 Å². The molecule has 0 N–H and O–H groups in total. The molecule has 36 heavy (non-hydrogen) atoms. The van der Waals surface area contributed by atoms with Gasteiger partial charge in [-0.3, -0.25) is 14.2 Å². The number of pyridine rings is 1. The van der Waals surface area contributed by atoms with Crippen LogP contribution in [0.15, 0.2) is 53.1 Å². The summed E-state index contributed by atoms with van der Waals surface area (Å²) in [7, 11) is -3.89. The first-order valence-electron chi connectivity index (χ1n) is 11.2. The van der Waals surface area contributed by atoms with E-state index in [4.69, 9.17) is 4.74 Å². The van der Waals surface area contributed by atoms with Crippen LogP contribution in [0.25, 0.3) is 11.5 Å². The van der Waals surface area contributed by atoms with Gasteiger partial charge in [-0.1, -0.05) is 18.2 Å². The molecule has 2 fully saturated rings. The molecule has 2 saturated heterocycles. The van der Waals surface area contributed by atoms with Gasteiger partial charge in [0, 0.05) is 32.4 Å². The monoisotopic (exact) mass is 524 g/mol. The first kappa shape index (κ1) is 24.6. The van der Waals surface area contributed by atoms with E-state index in [9.17, 15) is 21.6 Å². The number of hydrogen-bond acceptors (Lipinski definition) is 8. The van der Waals surface area contributed by atoms with Gasteiger partial charge < -0.3 is 9.15 Å². The minimum absolute atomic E-state index is 0.0685. The van der Waals surface area contributed by atoms with Crippen molar-refractivity contribution in [1.29, 1.82) is 0 Å². The Hall–Kier alpha value is -3.07. The molecule has 0 amide bonds. The Bertz CT molecular complexity index is 1280. The van der Waals surface area contributed by atoms with E-state index in [-0.39, 0.29) is 18.0 Å². The number of halogens is 3. The van der Waals surface area contributed by atoms with Gasteiger partial charge in [-0.25, -0.2) is 0 Å². The molecule has 4 heterocycles. The molecule has 0 unspecified atom stereocenters. The second kappa shape index (κ2) is 9.76. The summed E-state index contributed by atoms with van der Waals surface area (Å²) < 4.78 is 78.3. The van der Waals surface area contributed by atoms with Crippen LogP contribution in [-0.4, -0.2) is 78.2 Å². The molecule has 1 aromatic carbocycles.